The highest BCUT2D eigenvalue weighted by molar-refractivity contribution is 7.14. The molecule has 108 heavy (non-hydrogen) atoms. The summed E-state index contributed by atoms with van der Waals surface area (Å²) in [6.45, 7) is 6.84. The summed E-state index contributed by atoms with van der Waals surface area (Å²) >= 11 is 4.87. The number of aromatic hydroxyl groups is 1. The predicted octanol–water partition coefficient (Wildman–Crippen LogP) is 4.74. The van der Waals surface area contributed by atoms with Crippen LogP contribution in [0.4, 0.5) is 13.2 Å². The number of likely N-dealkylation sites (N-methyl/N-ethyl adjacent to an activating group) is 1. The maximum atomic E-state index is 15.2. The molecular weight excluding hydrogens is 1530 g/mol. The van der Waals surface area contributed by atoms with Crippen LogP contribution in [0.5, 0.6) is 5.75 Å². The van der Waals surface area contributed by atoms with Gasteiger partial charge in [-0.3, -0.25) is 28.9 Å². The van der Waals surface area contributed by atoms with Gasteiger partial charge in [-0.25, -0.2) is 44.3 Å². The minimum absolute atomic E-state index is 0.000341. The topological polar surface area (TPSA) is 451 Å². The van der Waals surface area contributed by atoms with E-state index in [1.54, 1.807) is 55.7 Å². The second kappa shape index (κ2) is 32.3. The SMILES string of the molecule is CO/C(C)=C1/NC(=O)[C@H]([C@@H](C)O)NC(=O)c2csc(n2)-c2cc(O)c(-c3nc(CNC(=O)CN4CCOCC4)cs3)nc2-c2csc(n2)[C@@H]2COC(=O)c3c4c5c(cccc5n3O)COC(=O)[C@@H](O[C@H]3C[C@](C)(O)[C@H](N(C)C)[C@H](C)O3)[C@@H](OC4)[C@H](NC(=O)c3csc1n3)c1nc(cs1)C(=O)N2.O=C(O)C(F)(F)F. The van der Waals surface area contributed by atoms with E-state index in [0.29, 0.717) is 42.3 Å². The van der Waals surface area contributed by atoms with Gasteiger partial charge in [0, 0.05) is 62.9 Å². The van der Waals surface area contributed by atoms with Gasteiger partial charge in [0.25, 0.3) is 17.7 Å². The number of hydrogen-bond acceptors (Lipinski definition) is 32. The third-order valence-electron chi connectivity index (χ3n) is 17.8. The number of esters is 2. The number of nitrogens with zero attached hydrogens (tertiary/aromatic N) is 9. The highest BCUT2D eigenvalue weighted by Gasteiger charge is 2.50. The lowest BCUT2D eigenvalue weighted by molar-refractivity contribution is -0.280. The van der Waals surface area contributed by atoms with Crippen molar-refractivity contribution in [2.24, 2.45) is 0 Å². The number of carbonyl (C=O) groups is 8. The largest absolute Gasteiger partial charge is 0.506 e. The minimum atomic E-state index is -5.08. The van der Waals surface area contributed by atoms with Gasteiger partial charge in [-0.15, -0.1) is 56.7 Å². The molecule has 12 heterocycles. The van der Waals surface area contributed by atoms with Gasteiger partial charge >= 0.3 is 24.1 Å². The monoisotopic (exact) mass is 1590 g/mol. The summed E-state index contributed by atoms with van der Waals surface area (Å²) < 4.78 is 75.5. The minimum Gasteiger partial charge on any atom is -0.506 e. The number of carbonyl (C=O) groups excluding carboxylic acids is 7. The number of hydrogen-bond donors (Lipinski definition) is 10. The zero-order valence-corrected chi connectivity index (χ0v) is 62.1. The number of amides is 5. The maximum absolute atomic E-state index is 15.2. The number of morpholine rings is 1. The lowest BCUT2D eigenvalue weighted by Crippen LogP contribution is -2.62. The lowest BCUT2D eigenvalue weighted by atomic mass is 9.85. The van der Waals surface area contributed by atoms with Crippen LogP contribution in [-0.4, -0.2) is 233 Å². The van der Waals surface area contributed by atoms with Crippen molar-refractivity contribution in [3.63, 3.8) is 0 Å². The number of fused-ring (bicyclic) bond motifs is 15. The van der Waals surface area contributed by atoms with Gasteiger partial charge in [0.1, 0.15) is 114 Å². The highest BCUT2D eigenvalue weighted by Crippen LogP contribution is 2.43. The van der Waals surface area contributed by atoms with E-state index in [0.717, 1.165) is 56.7 Å². The molecule has 0 radical (unpaired) electrons. The first-order valence-electron chi connectivity index (χ1n) is 32.9. The molecule has 0 aliphatic carbocycles. The quantitative estimate of drug-likeness (QED) is 0.0502. The number of aliphatic carboxylic acids is 1. The molecule has 10 atom stereocenters. The first-order valence-corrected chi connectivity index (χ1v) is 37.3. The van der Waals surface area contributed by atoms with Gasteiger partial charge in [-0.1, -0.05) is 12.1 Å². The first kappa shape index (κ1) is 78.0. The van der Waals surface area contributed by atoms with Crippen LogP contribution in [0.25, 0.3) is 49.3 Å². The summed E-state index contributed by atoms with van der Waals surface area (Å²) in [5, 5.41) is 76.5. The molecule has 7 aromatic heterocycles. The van der Waals surface area contributed by atoms with Crippen molar-refractivity contribution >= 4 is 121 Å². The molecule has 0 saturated carbocycles. The van der Waals surface area contributed by atoms with Gasteiger partial charge in [0.05, 0.1) is 75.1 Å². The fraction of sp³-hybridized carbons (Fsp3) is 0.424. The number of methoxy groups -OCH3 is 1. The normalized spacial score (nSPS) is 24.0. The Morgan fingerprint density at radius 3 is 2.19 bits per heavy atom. The van der Waals surface area contributed by atoms with Crippen molar-refractivity contribution in [3.05, 3.63) is 112 Å². The van der Waals surface area contributed by atoms with Crippen molar-refractivity contribution in [1.29, 1.82) is 0 Å². The van der Waals surface area contributed by atoms with E-state index in [-0.39, 0.29) is 124 Å². The summed E-state index contributed by atoms with van der Waals surface area (Å²) in [5.41, 5.74) is -1.53. The Hall–Kier alpha value is -9.57. The Kier molecular flexibility index (Phi) is 23.3. The Labute approximate surface area is 629 Å². The summed E-state index contributed by atoms with van der Waals surface area (Å²) in [5.74, 6) is -9.08. The predicted molar refractivity (Wildman–Crippen MR) is 377 cm³/mol. The van der Waals surface area contributed by atoms with E-state index in [9.17, 15) is 48.1 Å². The van der Waals surface area contributed by atoms with E-state index >= 15 is 19.2 Å². The van der Waals surface area contributed by atoms with Gasteiger partial charge in [0.15, 0.2) is 18.1 Å². The number of aromatic nitrogens is 7. The molecule has 0 unspecified atom stereocenters. The zero-order chi connectivity index (χ0) is 77.4. The maximum Gasteiger partial charge on any atom is 0.490 e. The third-order valence-corrected chi connectivity index (χ3v) is 22.3. The van der Waals surface area contributed by atoms with Gasteiger partial charge in [-0.05, 0) is 59.5 Å². The van der Waals surface area contributed by atoms with Crippen LogP contribution in [0, 0.1) is 0 Å². The van der Waals surface area contributed by atoms with E-state index in [1.165, 1.54) is 49.2 Å². The molecule has 34 nitrogen and oxygen atoms in total. The molecule has 12 bridgehead atoms. The molecule has 1 aromatic carbocycles. The number of aliphatic hydroxyl groups is 2. The van der Waals surface area contributed by atoms with Crippen molar-refractivity contribution in [2.75, 3.05) is 60.7 Å². The Morgan fingerprint density at radius 2 is 1.49 bits per heavy atom. The van der Waals surface area contributed by atoms with Crippen LogP contribution in [0.15, 0.2) is 56.9 Å². The molecule has 10 N–H and O–H groups in total. The third kappa shape index (κ3) is 16.8. The van der Waals surface area contributed by atoms with Crippen LogP contribution < -0.4 is 26.6 Å². The van der Waals surface area contributed by atoms with E-state index in [2.05, 4.69) is 36.6 Å². The summed E-state index contributed by atoms with van der Waals surface area (Å²) in [4.78, 5) is 144. The van der Waals surface area contributed by atoms with Gasteiger partial charge in [0.2, 0.25) is 11.8 Å². The molecule has 8 aromatic rings. The second-order valence-electron chi connectivity index (χ2n) is 25.6. The number of aliphatic hydroxyl groups excluding tert-OH is 1. The van der Waals surface area contributed by atoms with Crippen molar-refractivity contribution in [3.8, 4) is 38.4 Å². The molecule has 5 aliphatic heterocycles. The summed E-state index contributed by atoms with van der Waals surface area (Å²) in [6.07, 6.45) is -12.5. The van der Waals surface area contributed by atoms with Crippen molar-refractivity contribution in [2.45, 2.75) is 121 Å². The zero-order valence-electron chi connectivity index (χ0n) is 58.0. The molecule has 2 fully saturated rings. The fourth-order valence-electron chi connectivity index (χ4n) is 12.7. The number of carboxylic acid groups (broad SMARTS) is 1. The highest BCUT2D eigenvalue weighted by atomic mass is 32.1. The standard InChI is InChI=1S/C64H68N14O18S5.C2HF3O2/c1-27(79)44-56(85)74-45(28(2)90-7)59-70-38(26-100-59)55(84)75-48-50-51(96-42-16-64(4,88)52(76(5)6)29(3)95-42)63(87)93-19-30-9-8-10-39-43(30)33(20-92-50)49(78(39)89)62(86)94-21-34(67-53(82)36-25-101-61(48)71-36)58-68-35(23-99-58)46-32(57-69-37(24-98-57)54(83)73-44)15-40(80)47(72-46)60-66-31(22-97-60)17-65-41(81)18-77-11-13-91-14-12-77;3-2(4,5)1(6)7/h8-10,15,22-27,29,34,42,44,48,50-52,79-80,88-89H,11-14,16-21H2,1-7H3,(H,65,81)(H,67,82)(H,73,83)(H,74,85)(H,75,84);(H,6,7)/b45-28+;/t27-,29+,34+,42+,44+,48+,50+,51+,52-,64+;/m1./s1. The van der Waals surface area contributed by atoms with E-state index < -0.39 is 134 Å². The molecule has 13 rings (SSSR count). The van der Waals surface area contributed by atoms with Crippen molar-refractivity contribution in [1.82, 2.24) is 71.0 Å². The molecule has 574 valence electrons. The van der Waals surface area contributed by atoms with Gasteiger partial charge < -0.3 is 90.3 Å². The number of allylic oxidation sites excluding steroid dienone is 1. The van der Waals surface area contributed by atoms with Crippen molar-refractivity contribution < 1.29 is 110 Å². The Balaban J connectivity index is 0.00000148. The number of thiazole rings is 5. The molecular formula is C66H69F3N14O20S5. The number of alkyl halides is 3. The lowest BCUT2D eigenvalue weighted by Gasteiger charge is -2.48. The second-order valence-corrected chi connectivity index (χ2v) is 30.0. The van der Waals surface area contributed by atoms with Crippen LogP contribution in [0.1, 0.15) is 120 Å². The molecule has 42 heteroatoms. The fourth-order valence-corrected chi connectivity index (χ4v) is 16.9. The summed E-state index contributed by atoms with van der Waals surface area (Å²) in [7, 11) is 4.87. The van der Waals surface area contributed by atoms with E-state index in [4.69, 9.17) is 63.0 Å². The molecule has 2 saturated heterocycles. The Morgan fingerprint density at radius 1 is 0.843 bits per heavy atom. The van der Waals surface area contributed by atoms with Crippen LogP contribution in [0.2, 0.25) is 0 Å². The molecule has 5 aliphatic rings. The van der Waals surface area contributed by atoms with Crippen LogP contribution in [-0.2, 0) is 72.1 Å². The molecule has 5 amide bonds. The van der Waals surface area contributed by atoms with Gasteiger partial charge in [-0.2, -0.15) is 17.9 Å². The smallest absolute Gasteiger partial charge is 0.490 e. The number of ether oxygens (including phenoxy) is 7. The number of benzene rings is 1. The van der Waals surface area contributed by atoms with Crippen LogP contribution in [0.3, 0.4) is 0 Å². The Bertz CT molecular complexity index is 4810. The average Bonchev–Trinajstić information content (AvgIpc) is 1.55. The first-order chi connectivity index (χ1) is 51.3. The van der Waals surface area contributed by atoms with E-state index in [1.807, 2.05) is 4.90 Å². The number of rotatable bonds is 10. The average molecular weight is 1600 g/mol. The number of pyridine rings is 1. The summed E-state index contributed by atoms with van der Waals surface area (Å²) in [6, 6.07) is 0.902. The number of nitrogens with one attached hydrogen (secondary N) is 5. The number of carboxylic acids is 1. The number of cyclic esters (lactones) is 2. The number of halogens is 3. The van der Waals surface area contributed by atoms with Crippen LogP contribution >= 0.6 is 56.7 Å². The molecule has 0 spiro atoms.